The minimum Gasteiger partial charge on any atom is -0.361 e. The predicted octanol–water partition coefficient (Wildman–Crippen LogP) is 5.71. The van der Waals surface area contributed by atoms with Gasteiger partial charge in [0.05, 0.1) is 11.3 Å². The molecule has 2 N–H and O–H groups in total. The van der Waals surface area contributed by atoms with Crippen LogP contribution < -0.4 is 5.32 Å². The summed E-state index contributed by atoms with van der Waals surface area (Å²) in [5.41, 5.74) is 9.13. The van der Waals surface area contributed by atoms with Crippen molar-refractivity contribution in [1.29, 1.82) is 5.26 Å². The normalized spacial score (nSPS) is 14.9. The molecular weight excluding hydrogens is 444 g/mol. The molecule has 182 valence electrons. The number of aromatic nitrogens is 2. The van der Waals surface area contributed by atoms with Crippen molar-refractivity contribution in [1.82, 2.24) is 19.8 Å². The molecule has 0 unspecified atom stereocenters. The van der Waals surface area contributed by atoms with Gasteiger partial charge in [0, 0.05) is 73.5 Å². The second-order valence-electron chi connectivity index (χ2n) is 9.67. The van der Waals surface area contributed by atoms with Crippen molar-refractivity contribution < 1.29 is 0 Å². The molecule has 0 saturated carbocycles. The molecule has 6 heteroatoms. The van der Waals surface area contributed by atoms with Gasteiger partial charge in [0.25, 0.3) is 0 Å². The number of hydrogen-bond donors (Lipinski definition) is 2. The van der Waals surface area contributed by atoms with Crippen LogP contribution in [0, 0.1) is 25.2 Å². The summed E-state index contributed by atoms with van der Waals surface area (Å²) in [7, 11) is 2.19. The minimum absolute atomic E-state index is 0.518. The standard InChI is InChI=1S/C30H32N6/c1-21-16-23(20-36-14-12-35(3)13-15-36)4-5-24(21)6-7-25-18-32-19-26(17-31)30(25)34-28-8-9-29-27(22(28)2)10-11-33-29/h4-11,16,18-19,33H,12-15,20H2,1-3H3,(H,32,34). The number of nitrogens with zero attached hydrogens (tertiary/aromatic N) is 4. The fourth-order valence-corrected chi connectivity index (χ4v) is 4.85. The molecule has 1 aliphatic rings. The van der Waals surface area contributed by atoms with E-state index in [0.29, 0.717) is 5.56 Å². The average Bonchev–Trinajstić information content (AvgIpc) is 3.37. The fraction of sp³-hybridized carbons (Fsp3) is 0.267. The lowest BCUT2D eigenvalue weighted by atomic mass is 10.0. The molecule has 5 rings (SSSR count). The van der Waals surface area contributed by atoms with E-state index < -0.39 is 0 Å². The lowest BCUT2D eigenvalue weighted by Gasteiger charge is -2.32. The molecule has 36 heavy (non-hydrogen) atoms. The number of pyridine rings is 1. The summed E-state index contributed by atoms with van der Waals surface area (Å²) in [5, 5.41) is 14.5. The van der Waals surface area contributed by atoms with Gasteiger partial charge in [0.2, 0.25) is 0 Å². The molecule has 6 nitrogen and oxygen atoms in total. The van der Waals surface area contributed by atoms with Gasteiger partial charge in [0.15, 0.2) is 0 Å². The molecular formula is C30H32N6. The van der Waals surface area contributed by atoms with E-state index >= 15 is 0 Å². The van der Waals surface area contributed by atoms with E-state index in [1.165, 1.54) is 11.1 Å². The van der Waals surface area contributed by atoms with Crippen molar-refractivity contribution in [2.45, 2.75) is 20.4 Å². The molecule has 2 aromatic carbocycles. The van der Waals surface area contributed by atoms with Crippen molar-refractivity contribution in [3.63, 3.8) is 0 Å². The number of aryl methyl sites for hydroxylation is 2. The zero-order chi connectivity index (χ0) is 25.1. The second kappa shape index (κ2) is 10.4. The smallest absolute Gasteiger partial charge is 0.103 e. The van der Waals surface area contributed by atoms with Crippen LogP contribution in [0.5, 0.6) is 0 Å². The number of benzene rings is 2. The van der Waals surface area contributed by atoms with Crippen LogP contribution in [0.1, 0.15) is 33.4 Å². The van der Waals surface area contributed by atoms with Gasteiger partial charge in [-0.25, -0.2) is 0 Å². The Kier molecular flexibility index (Phi) is 6.86. The third kappa shape index (κ3) is 5.03. The Balaban J connectivity index is 1.38. The Morgan fingerprint density at radius 1 is 1.03 bits per heavy atom. The van der Waals surface area contributed by atoms with E-state index in [-0.39, 0.29) is 0 Å². The van der Waals surface area contributed by atoms with Gasteiger partial charge in [-0.05, 0) is 61.3 Å². The molecule has 2 aromatic heterocycles. The quantitative estimate of drug-likeness (QED) is 0.373. The van der Waals surface area contributed by atoms with Gasteiger partial charge < -0.3 is 15.2 Å². The van der Waals surface area contributed by atoms with Crippen molar-refractivity contribution in [3.05, 3.63) is 88.4 Å². The highest BCUT2D eigenvalue weighted by Crippen LogP contribution is 2.31. The first-order chi connectivity index (χ1) is 17.5. The van der Waals surface area contributed by atoms with Crippen LogP contribution in [0.25, 0.3) is 23.1 Å². The van der Waals surface area contributed by atoms with Gasteiger partial charge in [-0.1, -0.05) is 30.4 Å². The number of H-pyrrole nitrogens is 1. The van der Waals surface area contributed by atoms with E-state index in [9.17, 15) is 5.26 Å². The first-order valence-electron chi connectivity index (χ1n) is 12.4. The third-order valence-corrected chi connectivity index (χ3v) is 7.14. The first kappa shape index (κ1) is 23.8. The first-order valence-corrected chi connectivity index (χ1v) is 12.4. The highest BCUT2D eigenvalue weighted by atomic mass is 15.2. The number of piperazine rings is 1. The summed E-state index contributed by atoms with van der Waals surface area (Å²) in [6.45, 7) is 9.73. The van der Waals surface area contributed by atoms with Crippen molar-refractivity contribution in [2.24, 2.45) is 0 Å². The second-order valence-corrected chi connectivity index (χ2v) is 9.67. The van der Waals surface area contributed by atoms with Gasteiger partial charge in [-0.15, -0.1) is 0 Å². The number of hydrogen-bond acceptors (Lipinski definition) is 5. The van der Waals surface area contributed by atoms with Gasteiger partial charge >= 0.3 is 0 Å². The van der Waals surface area contributed by atoms with Crippen molar-refractivity contribution >= 4 is 34.4 Å². The molecule has 0 amide bonds. The average molecular weight is 477 g/mol. The van der Waals surface area contributed by atoms with Crippen LogP contribution in [-0.4, -0.2) is 53.0 Å². The van der Waals surface area contributed by atoms with Crippen molar-refractivity contribution in [3.8, 4) is 6.07 Å². The number of nitrogens with one attached hydrogen (secondary N) is 2. The molecule has 1 fully saturated rings. The highest BCUT2D eigenvalue weighted by molar-refractivity contribution is 5.90. The van der Waals surface area contributed by atoms with E-state index in [1.807, 2.05) is 18.3 Å². The molecule has 1 saturated heterocycles. The van der Waals surface area contributed by atoms with E-state index in [2.05, 4.69) is 88.5 Å². The number of likely N-dealkylation sites (N-methyl/N-ethyl adjacent to an activating group) is 1. The zero-order valence-electron chi connectivity index (χ0n) is 21.2. The Bertz CT molecular complexity index is 1450. The summed E-state index contributed by atoms with van der Waals surface area (Å²) in [5.74, 6) is 0. The van der Waals surface area contributed by atoms with Gasteiger partial charge in [-0.2, -0.15) is 5.26 Å². The van der Waals surface area contributed by atoms with E-state index in [0.717, 1.165) is 71.7 Å². The monoisotopic (exact) mass is 476 g/mol. The Labute approximate surface area is 212 Å². The lowest BCUT2D eigenvalue weighted by Crippen LogP contribution is -2.43. The maximum Gasteiger partial charge on any atom is 0.103 e. The number of aromatic amines is 1. The van der Waals surface area contributed by atoms with Crippen LogP contribution in [0.15, 0.2) is 55.0 Å². The Morgan fingerprint density at radius 3 is 2.61 bits per heavy atom. The number of nitriles is 1. The largest absolute Gasteiger partial charge is 0.361 e. The number of fused-ring (bicyclic) bond motifs is 1. The molecule has 0 aliphatic carbocycles. The zero-order valence-corrected chi connectivity index (χ0v) is 21.2. The summed E-state index contributed by atoms with van der Waals surface area (Å²) < 4.78 is 0. The summed E-state index contributed by atoms with van der Waals surface area (Å²) in [4.78, 5) is 12.5. The minimum atomic E-state index is 0.518. The maximum atomic E-state index is 9.77. The van der Waals surface area contributed by atoms with E-state index in [1.54, 1.807) is 12.4 Å². The Morgan fingerprint density at radius 2 is 1.83 bits per heavy atom. The van der Waals surface area contributed by atoms with Gasteiger partial charge in [-0.3, -0.25) is 9.88 Å². The molecule has 0 bridgehead atoms. The third-order valence-electron chi connectivity index (χ3n) is 7.14. The van der Waals surface area contributed by atoms with Crippen LogP contribution >= 0.6 is 0 Å². The van der Waals surface area contributed by atoms with Crippen LogP contribution in [0.4, 0.5) is 11.4 Å². The van der Waals surface area contributed by atoms with Gasteiger partial charge in [0.1, 0.15) is 6.07 Å². The van der Waals surface area contributed by atoms with Crippen molar-refractivity contribution in [2.75, 3.05) is 38.5 Å². The molecule has 4 aromatic rings. The van der Waals surface area contributed by atoms with Crippen LogP contribution in [0.3, 0.4) is 0 Å². The lowest BCUT2D eigenvalue weighted by molar-refractivity contribution is 0.148. The van der Waals surface area contributed by atoms with Crippen LogP contribution in [0.2, 0.25) is 0 Å². The molecule has 1 aliphatic heterocycles. The highest BCUT2D eigenvalue weighted by Gasteiger charge is 2.14. The summed E-state index contributed by atoms with van der Waals surface area (Å²) >= 11 is 0. The predicted molar refractivity (Wildman–Crippen MR) is 148 cm³/mol. The Hall–Kier alpha value is -3.92. The van der Waals surface area contributed by atoms with E-state index in [4.69, 9.17) is 0 Å². The fourth-order valence-electron chi connectivity index (χ4n) is 4.85. The summed E-state index contributed by atoms with van der Waals surface area (Å²) in [6.07, 6.45) is 9.52. The molecule has 0 spiro atoms. The molecule has 0 atom stereocenters. The number of rotatable bonds is 6. The molecule has 3 heterocycles. The van der Waals surface area contributed by atoms with Crippen LogP contribution in [-0.2, 0) is 6.54 Å². The SMILES string of the molecule is Cc1cc(CN2CCN(C)CC2)ccc1C=Cc1cncc(C#N)c1Nc1ccc2[nH]ccc2c1C. The molecule has 0 radical (unpaired) electrons. The topological polar surface area (TPSA) is 71.0 Å². The maximum absolute atomic E-state index is 9.77. The summed E-state index contributed by atoms with van der Waals surface area (Å²) in [6, 6.07) is 15.2. The number of anilines is 2.